The summed E-state index contributed by atoms with van der Waals surface area (Å²) in [6, 6.07) is 4.28. The van der Waals surface area contributed by atoms with Gasteiger partial charge < -0.3 is 15.2 Å². The maximum Gasteiger partial charge on any atom is 0.404 e. The molecule has 0 aromatic carbocycles. The molecule has 0 unspecified atom stereocenters. The van der Waals surface area contributed by atoms with Crippen molar-refractivity contribution in [2.75, 3.05) is 0 Å². The summed E-state index contributed by atoms with van der Waals surface area (Å²) in [5.41, 5.74) is -0.0149. The fraction of sp³-hybridized carbons (Fsp3) is 0.364. The van der Waals surface area contributed by atoms with Gasteiger partial charge in [0.2, 0.25) is 0 Å². The van der Waals surface area contributed by atoms with Gasteiger partial charge >= 0.3 is 6.09 Å². The highest BCUT2D eigenvalue weighted by atomic mass is 19.1. The van der Waals surface area contributed by atoms with Gasteiger partial charge in [0.15, 0.2) is 5.75 Å². The molecule has 6 nitrogen and oxygen atoms in total. The molecule has 0 aliphatic heterocycles. The normalized spacial score (nSPS) is 21.6. The van der Waals surface area contributed by atoms with E-state index in [9.17, 15) is 9.18 Å². The van der Waals surface area contributed by atoms with Crippen LogP contribution in [-0.4, -0.2) is 28.3 Å². The van der Waals surface area contributed by atoms with E-state index < -0.39 is 12.0 Å². The van der Waals surface area contributed by atoms with E-state index in [1.165, 1.54) is 12.1 Å². The minimum Gasteiger partial charge on any atom is -0.485 e. The number of ether oxygens (including phenoxy) is 1. The summed E-state index contributed by atoms with van der Waals surface area (Å²) in [7, 11) is 0. The Balaban J connectivity index is 1.89. The molecule has 0 saturated heterocycles. The molecule has 1 aromatic heterocycles. The van der Waals surface area contributed by atoms with Gasteiger partial charge in [-0.3, -0.25) is 0 Å². The number of amides is 1. The fourth-order valence-electron chi connectivity index (χ4n) is 1.71. The predicted octanol–water partition coefficient (Wildman–Crippen LogP) is 1.27. The van der Waals surface area contributed by atoms with Crippen LogP contribution in [0.15, 0.2) is 12.1 Å². The van der Waals surface area contributed by atoms with Crippen molar-refractivity contribution < 1.29 is 19.0 Å². The molecular formula is C11H10FN3O3. The van der Waals surface area contributed by atoms with Crippen LogP contribution in [0.5, 0.6) is 5.75 Å². The molecule has 1 aromatic rings. The van der Waals surface area contributed by atoms with Gasteiger partial charge in [-0.2, -0.15) is 9.65 Å². The van der Waals surface area contributed by atoms with Crippen LogP contribution in [0.2, 0.25) is 0 Å². The molecule has 1 saturated carbocycles. The average Bonchev–Trinajstić information content (AvgIpc) is 2.27. The number of aromatic nitrogens is 1. The third-order valence-corrected chi connectivity index (χ3v) is 2.65. The zero-order valence-corrected chi connectivity index (χ0v) is 9.26. The Morgan fingerprint density at radius 2 is 2.33 bits per heavy atom. The molecule has 1 amide bonds. The molecule has 2 N–H and O–H groups in total. The van der Waals surface area contributed by atoms with E-state index >= 15 is 0 Å². The van der Waals surface area contributed by atoms with Crippen LogP contribution in [0, 0.1) is 17.3 Å². The van der Waals surface area contributed by atoms with Gasteiger partial charge in [0.25, 0.3) is 5.95 Å². The summed E-state index contributed by atoms with van der Waals surface area (Å²) in [4.78, 5) is 13.7. The number of nitrogens with one attached hydrogen (secondary N) is 1. The topological polar surface area (TPSA) is 95.2 Å². The van der Waals surface area contributed by atoms with Crippen molar-refractivity contribution in [3.05, 3.63) is 23.8 Å². The number of hydrogen-bond acceptors (Lipinski definition) is 4. The fourth-order valence-corrected chi connectivity index (χ4v) is 1.71. The Kier molecular flexibility index (Phi) is 3.28. The summed E-state index contributed by atoms with van der Waals surface area (Å²) in [6.45, 7) is 0. The molecule has 2 rings (SSSR count). The third kappa shape index (κ3) is 2.66. The smallest absolute Gasteiger partial charge is 0.404 e. The summed E-state index contributed by atoms with van der Waals surface area (Å²) >= 11 is 0. The van der Waals surface area contributed by atoms with Crippen molar-refractivity contribution in [2.24, 2.45) is 0 Å². The van der Waals surface area contributed by atoms with E-state index in [0.717, 1.165) is 0 Å². The minimum absolute atomic E-state index is 0.0149. The lowest BCUT2D eigenvalue weighted by Crippen LogP contribution is -2.48. The Morgan fingerprint density at radius 1 is 1.61 bits per heavy atom. The maximum atomic E-state index is 13.4. The van der Waals surface area contributed by atoms with Crippen LogP contribution in [0.1, 0.15) is 18.5 Å². The molecule has 0 radical (unpaired) electrons. The number of nitriles is 1. The van der Waals surface area contributed by atoms with E-state index in [0.29, 0.717) is 12.8 Å². The lowest BCUT2D eigenvalue weighted by atomic mass is 9.89. The summed E-state index contributed by atoms with van der Waals surface area (Å²) < 4.78 is 18.7. The molecule has 94 valence electrons. The number of rotatable bonds is 3. The number of hydrogen-bond donors (Lipinski definition) is 2. The Hall–Kier alpha value is -2.36. The monoisotopic (exact) mass is 251 g/mol. The molecule has 0 spiro atoms. The molecule has 1 aliphatic carbocycles. The Morgan fingerprint density at radius 3 is 2.89 bits per heavy atom. The van der Waals surface area contributed by atoms with Crippen LogP contribution in [0.25, 0.3) is 0 Å². The highest BCUT2D eigenvalue weighted by molar-refractivity contribution is 5.65. The summed E-state index contributed by atoms with van der Waals surface area (Å²) in [5.74, 6) is -0.850. The number of nitrogens with zero attached hydrogens (tertiary/aromatic N) is 2. The van der Waals surface area contributed by atoms with Gasteiger partial charge in [-0.05, 0) is 12.1 Å². The van der Waals surface area contributed by atoms with E-state index in [2.05, 4.69) is 10.3 Å². The SMILES string of the molecule is N#Cc1ccc(OC2CC(NC(=O)O)C2)c(F)n1. The lowest BCUT2D eigenvalue weighted by molar-refractivity contribution is 0.0788. The number of carboxylic acid groups (broad SMARTS) is 1. The molecule has 1 fully saturated rings. The van der Waals surface area contributed by atoms with Crippen molar-refractivity contribution in [1.82, 2.24) is 10.3 Å². The van der Waals surface area contributed by atoms with Crippen molar-refractivity contribution in [3.63, 3.8) is 0 Å². The van der Waals surface area contributed by atoms with E-state index in [1.807, 2.05) is 0 Å². The second-order valence-corrected chi connectivity index (χ2v) is 3.95. The van der Waals surface area contributed by atoms with Gasteiger partial charge in [-0.1, -0.05) is 0 Å². The van der Waals surface area contributed by atoms with Crippen molar-refractivity contribution in [2.45, 2.75) is 25.0 Å². The third-order valence-electron chi connectivity index (χ3n) is 2.65. The molecule has 0 bridgehead atoms. The minimum atomic E-state index is -1.08. The largest absolute Gasteiger partial charge is 0.485 e. The predicted molar refractivity (Wildman–Crippen MR) is 57.5 cm³/mol. The van der Waals surface area contributed by atoms with Crippen LogP contribution >= 0.6 is 0 Å². The second-order valence-electron chi connectivity index (χ2n) is 3.95. The van der Waals surface area contributed by atoms with Gasteiger partial charge in [0.1, 0.15) is 17.9 Å². The first-order chi connectivity index (χ1) is 8.58. The number of halogens is 1. The molecule has 18 heavy (non-hydrogen) atoms. The molecule has 0 atom stereocenters. The van der Waals surface area contributed by atoms with Crippen molar-refractivity contribution in [1.29, 1.82) is 5.26 Å². The van der Waals surface area contributed by atoms with Gasteiger partial charge in [-0.25, -0.2) is 9.78 Å². The van der Waals surface area contributed by atoms with Gasteiger partial charge in [-0.15, -0.1) is 0 Å². The van der Waals surface area contributed by atoms with E-state index in [4.69, 9.17) is 15.1 Å². The van der Waals surface area contributed by atoms with Crippen LogP contribution in [-0.2, 0) is 0 Å². The van der Waals surface area contributed by atoms with Crippen LogP contribution in [0.3, 0.4) is 0 Å². The zero-order chi connectivity index (χ0) is 13.1. The number of pyridine rings is 1. The highest BCUT2D eigenvalue weighted by Gasteiger charge is 2.32. The Bertz CT molecular complexity index is 509. The van der Waals surface area contributed by atoms with Gasteiger partial charge in [0.05, 0.1) is 0 Å². The quantitative estimate of drug-likeness (QED) is 0.789. The lowest BCUT2D eigenvalue weighted by Gasteiger charge is -2.34. The Labute approximate surface area is 102 Å². The first-order valence-electron chi connectivity index (χ1n) is 5.31. The van der Waals surface area contributed by atoms with Crippen molar-refractivity contribution >= 4 is 6.09 Å². The summed E-state index contributed by atoms with van der Waals surface area (Å²) in [6.07, 6.45) is -0.326. The number of carbonyl (C=O) groups is 1. The maximum absolute atomic E-state index is 13.4. The highest BCUT2D eigenvalue weighted by Crippen LogP contribution is 2.27. The van der Waals surface area contributed by atoms with E-state index in [-0.39, 0.29) is 23.6 Å². The molecular weight excluding hydrogens is 241 g/mol. The molecule has 1 aliphatic rings. The van der Waals surface area contributed by atoms with E-state index in [1.54, 1.807) is 6.07 Å². The second kappa shape index (κ2) is 4.87. The first-order valence-corrected chi connectivity index (χ1v) is 5.31. The van der Waals surface area contributed by atoms with Crippen LogP contribution in [0.4, 0.5) is 9.18 Å². The van der Waals surface area contributed by atoms with Gasteiger partial charge in [0, 0.05) is 18.9 Å². The molecule has 1 heterocycles. The zero-order valence-electron chi connectivity index (χ0n) is 9.26. The van der Waals surface area contributed by atoms with Crippen LogP contribution < -0.4 is 10.1 Å². The molecule has 7 heteroatoms. The standard InChI is InChI=1S/C11H10FN3O3/c12-10-9(2-1-6(5-13)14-10)18-8-3-7(4-8)15-11(16)17/h1-2,7-8,15H,3-4H2,(H,16,17). The first kappa shape index (κ1) is 12.1. The average molecular weight is 251 g/mol. The van der Waals surface area contributed by atoms with Crippen molar-refractivity contribution in [3.8, 4) is 11.8 Å². The summed E-state index contributed by atoms with van der Waals surface area (Å²) in [5, 5.41) is 19.3.